The number of hydrogen-bond acceptors (Lipinski definition) is 5. The average Bonchev–Trinajstić information content (AvgIpc) is 2.95. The van der Waals surface area contributed by atoms with E-state index in [1.165, 1.54) is 11.3 Å². The Balaban J connectivity index is 2.11. The van der Waals surface area contributed by atoms with Crippen molar-refractivity contribution in [3.63, 3.8) is 0 Å². The Labute approximate surface area is 115 Å². The van der Waals surface area contributed by atoms with Gasteiger partial charge < -0.3 is 10.4 Å². The lowest BCUT2D eigenvalue weighted by molar-refractivity contribution is 0.0910. The van der Waals surface area contributed by atoms with Crippen molar-refractivity contribution in [2.24, 2.45) is 0 Å². The molecule has 0 spiro atoms. The Hall–Kier alpha value is -1.79. The number of carbonyl (C=O) groups excluding carboxylic acids is 1. The molecule has 0 aliphatic carbocycles. The predicted molar refractivity (Wildman–Crippen MR) is 74.0 cm³/mol. The molecule has 0 aromatic carbocycles. The second-order valence-corrected chi connectivity index (χ2v) is 4.87. The summed E-state index contributed by atoms with van der Waals surface area (Å²) in [5, 5.41) is 14.2. The molecular weight excluding hydrogens is 262 g/mol. The van der Waals surface area contributed by atoms with Gasteiger partial charge in [-0.15, -0.1) is 11.3 Å². The number of pyridine rings is 1. The third-order valence-electron chi connectivity index (χ3n) is 2.67. The minimum absolute atomic E-state index is 0.0700. The molecule has 2 aromatic heterocycles. The monoisotopic (exact) mass is 277 g/mol. The first kappa shape index (κ1) is 13.6. The summed E-state index contributed by atoms with van der Waals surface area (Å²) in [6.45, 7) is 1.83. The maximum absolute atomic E-state index is 11.9. The second kappa shape index (κ2) is 6.40. The number of hydrogen-bond donors (Lipinski definition) is 2. The fourth-order valence-corrected chi connectivity index (χ4v) is 2.30. The molecule has 0 aliphatic rings. The molecule has 100 valence electrons. The molecule has 19 heavy (non-hydrogen) atoms. The van der Waals surface area contributed by atoms with E-state index in [0.29, 0.717) is 17.1 Å². The molecule has 2 aromatic rings. The Morgan fingerprint density at radius 3 is 3.00 bits per heavy atom. The van der Waals surface area contributed by atoms with Crippen LogP contribution in [0.2, 0.25) is 0 Å². The summed E-state index contributed by atoms with van der Waals surface area (Å²) in [6.07, 6.45) is 2.37. The Morgan fingerprint density at radius 2 is 2.37 bits per heavy atom. The van der Waals surface area contributed by atoms with Gasteiger partial charge in [-0.3, -0.25) is 9.78 Å². The van der Waals surface area contributed by atoms with Gasteiger partial charge in [0.1, 0.15) is 10.7 Å². The first-order chi connectivity index (χ1) is 9.24. The fourth-order valence-electron chi connectivity index (χ4n) is 1.52. The number of aliphatic hydroxyl groups excluding tert-OH is 1. The number of aliphatic hydroxyl groups is 1. The molecular formula is C13H15N3O2S. The van der Waals surface area contributed by atoms with Gasteiger partial charge in [-0.25, -0.2) is 4.98 Å². The average molecular weight is 277 g/mol. The van der Waals surface area contributed by atoms with Crippen LogP contribution in [0.1, 0.15) is 23.8 Å². The van der Waals surface area contributed by atoms with E-state index in [0.717, 1.165) is 5.69 Å². The van der Waals surface area contributed by atoms with Crippen LogP contribution >= 0.6 is 11.3 Å². The molecule has 2 N–H and O–H groups in total. The van der Waals surface area contributed by atoms with E-state index < -0.39 is 0 Å². The maximum Gasteiger partial charge on any atom is 0.271 e. The molecule has 5 nitrogen and oxygen atoms in total. The van der Waals surface area contributed by atoms with Crippen molar-refractivity contribution in [3.05, 3.63) is 35.5 Å². The lowest BCUT2D eigenvalue weighted by Gasteiger charge is -2.12. The number of aromatic nitrogens is 2. The van der Waals surface area contributed by atoms with Crippen molar-refractivity contribution >= 4 is 17.2 Å². The number of carbonyl (C=O) groups is 1. The number of rotatable bonds is 5. The maximum atomic E-state index is 11.9. The number of nitrogens with zero attached hydrogens (tertiary/aromatic N) is 2. The molecule has 0 aliphatic heterocycles. The summed E-state index contributed by atoms with van der Waals surface area (Å²) in [5.41, 5.74) is 1.11. The van der Waals surface area contributed by atoms with Gasteiger partial charge in [0.25, 0.3) is 5.91 Å². The van der Waals surface area contributed by atoms with Crippen molar-refractivity contribution in [1.29, 1.82) is 0 Å². The smallest absolute Gasteiger partial charge is 0.271 e. The minimum atomic E-state index is -0.265. The zero-order chi connectivity index (χ0) is 13.7. The van der Waals surface area contributed by atoms with Gasteiger partial charge in [-0.2, -0.15) is 0 Å². The van der Waals surface area contributed by atoms with Crippen LogP contribution < -0.4 is 5.32 Å². The lowest BCUT2D eigenvalue weighted by atomic mass is 10.2. The van der Waals surface area contributed by atoms with E-state index in [-0.39, 0.29) is 18.6 Å². The summed E-state index contributed by atoms with van der Waals surface area (Å²) in [6, 6.07) is 5.33. The van der Waals surface area contributed by atoms with Gasteiger partial charge >= 0.3 is 0 Å². The van der Waals surface area contributed by atoms with E-state index in [2.05, 4.69) is 15.3 Å². The molecule has 0 bridgehead atoms. The summed E-state index contributed by atoms with van der Waals surface area (Å²) in [7, 11) is 0. The molecule has 2 rings (SSSR count). The van der Waals surface area contributed by atoms with E-state index in [4.69, 9.17) is 5.11 Å². The van der Waals surface area contributed by atoms with Crippen LogP contribution in [0.5, 0.6) is 0 Å². The highest BCUT2D eigenvalue weighted by atomic mass is 32.1. The standard InChI is InChI=1S/C13H15N3O2S/c1-2-9(7-17)15-12(18)11-8-19-13(16-11)10-5-3-4-6-14-10/h3-6,8-9,17H,2,7H2,1H3,(H,15,18)/t9-/m1/s1. The normalized spacial score (nSPS) is 12.1. The molecule has 0 unspecified atom stereocenters. The van der Waals surface area contributed by atoms with Gasteiger partial charge in [0, 0.05) is 11.6 Å². The predicted octanol–water partition coefficient (Wildman–Crippen LogP) is 1.71. The summed E-state index contributed by atoms with van der Waals surface area (Å²) < 4.78 is 0. The van der Waals surface area contributed by atoms with Crippen molar-refractivity contribution < 1.29 is 9.90 Å². The highest BCUT2D eigenvalue weighted by Crippen LogP contribution is 2.21. The molecule has 6 heteroatoms. The van der Waals surface area contributed by atoms with E-state index >= 15 is 0 Å². The third kappa shape index (κ3) is 3.36. The van der Waals surface area contributed by atoms with Gasteiger partial charge in [-0.1, -0.05) is 13.0 Å². The summed E-state index contributed by atoms with van der Waals surface area (Å²) >= 11 is 1.38. The Bertz CT molecular complexity index is 538. The van der Waals surface area contributed by atoms with Crippen molar-refractivity contribution in [1.82, 2.24) is 15.3 Å². The summed E-state index contributed by atoms with van der Waals surface area (Å²) in [5.74, 6) is -0.265. The van der Waals surface area contributed by atoms with E-state index in [1.54, 1.807) is 11.6 Å². The van der Waals surface area contributed by atoms with Crippen LogP contribution in [0.4, 0.5) is 0 Å². The van der Waals surface area contributed by atoms with Crippen molar-refractivity contribution in [2.45, 2.75) is 19.4 Å². The molecule has 2 heterocycles. The van der Waals surface area contributed by atoms with Gasteiger partial charge in [0.2, 0.25) is 0 Å². The zero-order valence-corrected chi connectivity index (χ0v) is 11.4. The molecule has 0 saturated heterocycles. The Morgan fingerprint density at radius 1 is 1.53 bits per heavy atom. The lowest BCUT2D eigenvalue weighted by Crippen LogP contribution is -2.37. The first-order valence-corrected chi connectivity index (χ1v) is 6.91. The van der Waals surface area contributed by atoms with Crippen LogP contribution in [0.25, 0.3) is 10.7 Å². The molecule has 1 amide bonds. The Kier molecular flexibility index (Phi) is 4.59. The van der Waals surface area contributed by atoms with Crippen LogP contribution in [-0.4, -0.2) is 33.6 Å². The highest BCUT2D eigenvalue weighted by Gasteiger charge is 2.15. The number of nitrogens with one attached hydrogen (secondary N) is 1. The third-order valence-corrected chi connectivity index (χ3v) is 3.53. The SMILES string of the molecule is CC[C@H](CO)NC(=O)c1csc(-c2ccccn2)n1. The van der Waals surface area contributed by atoms with Crippen LogP contribution in [0.15, 0.2) is 29.8 Å². The fraction of sp³-hybridized carbons (Fsp3) is 0.308. The topological polar surface area (TPSA) is 75.1 Å². The van der Waals surface area contributed by atoms with Gasteiger partial charge in [0.15, 0.2) is 0 Å². The van der Waals surface area contributed by atoms with Gasteiger partial charge in [-0.05, 0) is 18.6 Å². The first-order valence-electron chi connectivity index (χ1n) is 6.03. The number of thiazole rings is 1. The van der Waals surface area contributed by atoms with Crippen molar-refractivity contribution in [2.75, 3.05) is 6.61 Å². The number of amides is 1. The molecule has 0 saturated carbocycles. The molecule has 0 radical (unpaired) electrons. The summed E-state index contributed by atoms with van der Waals surface area (Å²) in [4.78, 5) is 20.4. The second-order valence-electron chi connectivity index (χ2n) is 4.01. The van der Waals surface area contributed by atoms with Crippen LogP contribution in [0, 0.1) is 0 Å². The van der Waals surface area contributed by atoms with Crippen LogP contribution in [-0.2, 0) is 0 Å². The van der Waals surface area contributed by atoms with E-state index in [9.17, 15) is 4.79 Å². The largest absolute Gasteiger partial charge is 0.394 e. The quantitative estimate of drug-likeness (QED) is 0.872. The zero-order valence-electron chi connectivity index (χ0n) is 10.5. The van der Waals surface area contributed by atoms with Crippen LogP contribution in [0.3, 0.4) is 0 Å². The molecule has 1 atom stereocenters. The van der Waals surface area contributed by atoms with E-state index in [1.807, 2.05) is 25.1 Å². The minimum Gasteiger partial charge on any atom is -0.394 e. The molecule has 0 fully saturated rings. The highest BCUT2D eigenvalue weighted by molar-refractivity contribution is 7.13. The van der Waals surface area contributed by atoms with Gasteiger partial charge in [0.05, 0.1) is 18.3 Å². The van der Waals surface area contributed by atoms with Crippen molar-refractivity contribution in [3.8, 4) is 10.7 Å².